The summed E-state index contributed by atoms with van der Waals surface area (Å²) in [6.45, 7) is 10.2. The van der Waals surface area contributed by atoms with E-state index in [4.69, 9.17) is 9.47 Å². The van der Waals surface area contributed by atoms with Crippen LogP contribution in [0.3, 0.4) is 0 Å². The fourth-order valence-corrected chi connectivity index (χ4v) is 3.80. The van der Waals surface area contributed by atoms with Gasteiger partial charge in [0, 0.05) is 25.7 Å². The topological polar surface area (TPSA) is 79.8 Å². The largest absolute Gasteiger partial charge is 0.464 e. The molecule has 26 heavy (non-hydrogen) atoms. The van der Waals surface area contributed by atoms with Gasteiger partial charge in [-0.15, -0.1) is 4.37 Å². The summed E-state index contributed by atoms with van der Waals surface area (Å²) >= 11 is 1.10. The molecule has 1 aromatic heterocycles. The molecule has 0 spiro atoms. The highest BCUT2D eigenvalue weighted by atomic mass is 32.1. The Morgan fingerprint density at radius 2 is 2.04 bits per heavy atom. The third-order valence-electron chi connectivity index (χ3n) is 5.13. The molecule has 1 amide bonds. The van der Waals surface area contributed by atoms with E-state index in [9.17, 15) is 4.79 Å². The second kappa shape index (κ2) is 9.48. The van der Waals surface area contributed by atoms with Gasteiger partial charge in [-0.2, -0.15) is 4.37 Å². The number of rotatable bonds is 7. The van der Waals surface area contributed by atoms with Crippen LogP contribution < -0.4 is 15.0 Å². The first-order valence-corrected chi connectivity index (χ1v) is 10.2. The molecule has 0 radical (unpaired) electrons. The third-order valence-corrected chi connectivity index (χ3v) is 5.63. The summed E-state index contributed by atoms with van der Waals surface area (Å²) in [5.74, 6) is 1.84. The van der Waals surface area contributed by atoms with E-state index in [1.165, 1.54) is 12.8 Å². The van der Waals surface area contributed by atoms with Crippen LogP contribution in [0.4, 0.5) is 5.82 Å². The molecule has 1 aromatic rings. The van der Waals surface area contributed by atoms with Crippen LogP contribution >= 0.6 is 11.7 Å². The molecule has 3 rings (SSSR count). The van der Waals surface area contributed by atoms with Crippen LogP contribution in [0, 0.1) is 5.92 Å². The number of piperidine rings is 1. The molecule has 0 aliphatic carbocycles. The number of ether oxygens (including phenoxy) is 2. The van der Waals surface area contributed by atoms with Gasteiger partial charge in [-0.25, -0.2) is 0 Å². The van der Waals surface area contributed by atoms with Crippen LogP contribution in [-0.2, 0) is 9.53 Å². The molecule has 9 heteroatoms. The van der Waals surface area contributed by atoms with Gasteiger partial charge in [-0.1, -0.05) is 6.92 Å². The lowest BCUT2D eigenvalue weighted by molar-refractivity contribution is -0.123. The molecular formula is C17H29N5O3S. The van der Waals surface area contributed by atoms with Crippen LogP contribution in [0.25, 0.3) is 0 Å². The molecular weight excluding hydrogens is 354 g/mol. The minimum absolute atomic E-state index is 0.0352. The van der Waals surface area contributed by atoms with Crippen molar-refractivity contribution in [1.82, 2.24) is 19.0 Å². The Hall–Kier alpha value is -1.45. The Morgan fingerprint density at radius 3 is 2.77 bits per heavy atom. The summed E-state index contributed by atoms with van der Waals surface area (Å²) in [6.07, 6.45) is 2.48. The van der Waals surface area contributed by atoms with Crippen molar-refractivity contribution in [3.05, 3.63) is 0 Å². The number of nitrogens with zero attached hydrogens (tertiary/aromatic N) is 4. The first-order valence-electron chi connectivity index (χ1n) is 9.42. The van der Waals surface area contributed by atoms with E-state index in [2.05, 4.69) is 37.7 Å². The summed E-state index contributed by atoms with van der Waals surface area (Å²) in [5, 5.41) is 2.97. The number of hydrogen-bond donors (Lipinski definition) is 1. The normalized spacial score (nSPS) is 20.8. The highest BCUT2D eigenvalue weighted by molar-refractivity contribution is 6.99. The number of likely N-dealkylation sites (tertiary alicyclic amines) is 1. The summed E-state index contributed by atoms with van der Waals surface area (Å²) in [7, 11) is 0. The maximum Gasteiger partial charge on any atom is 0.271 e. The minimum atomic E-state index is -0.122. The van der Waals surface area contributed by atoms with Gasteiger partial charge in [0.05, 0.1) is 24.9 Å². The number of amides is 1. The number of nitrogens with one attached hydrogen (secondary N) is 1. The molecule has 2 fully saturated rings. The van der Waals surface area contributed by atoms with E-state index < -0.39 is 0 Å². The Morgan fingerprint density at radius 1 is 1.31 bits per heavy atom. The van der Waals surface area contributed by atoms with Crippen molar-refractivity contribution in [2.45, 2.75) is 32.7 Å². The first kappa shape index (κ1) is 19.3. The fraction of sp³-hybridized carbons (Fsp3) is 0.824. The summed E-state index contributed by atoms with van der Waals surface area (Å²) in [4.78, 5) is 16.7. The highest BCUT2D eigenvalue weighted by Gasteiger charge is 2.22. The molecule has 8 nitrogen and oxygen atoms in total. The zero-order valence-electron chi connectivity index (χ0n) is 15.6. The van der Waals surface area contributed by atoms with Crippen molar-refractivity contribution < 1.29 is 14.3 Å². The quantitative estimate of drug-likeness (QED) is 0.752. The summed E-state index contributed by atoms with van der Waals surface area (Å²) in [6, 6.07) is 0.344. The summed E-state index contributed by atoms with van der Waals surface area (Å²) < 4.78 is 19.4. The lowest BCUT2D eigenvalue weighted by atomic mass is 9.98. The molecule has 0 aromatic carbocycles. The maximum absolute atomic E-state index is 12.1. The van der Waals surface area contributed by atoms with Gasteiger partial charge < -0.3 is 19.7 Å². The monoisotopic (exact) mass is 383 g/mol. The number of carbonyl (C=O) groups excluding carboxylic acids is 1. The average molecular weight is 384 g/mol. The second-order valence-corrected chi connectivity index (χ2v) is 7.68. The van der Waals surface area contributed by atoms with Crippen molar-refractivity contribution in [1.29, 1.82) is 0 Å². The average Bonchev–Trinajstić information content (AvgIpc) is 3.14. The zero-order valence-corrected chi connectivity index (χ0v) is 16.5. The molecule has 1 atom stereocenters. The smallest absolute Gasteiger partial charge is 0.271 e. The number of hydrogen-bond acceptors (Lipinski definition) is 8. The molecule has 2 aliphatic heterocycles. The fourth-order valence-electron chi connectivity index (χ4n) is 3.28. The predicted molar refractivity (Wildman–Crippen MR) is 101 cm³/mol. The van der Waals surface area contributed by atoms with Crippen molar-refractivity contribution in [2.24, 2.45) is 5.92 Å². The second-order valence-electron chi connectivity index (χ2n) is 7.15. The van der Waals surface area contributed by atoms with Crippen molar-refractivity contribution in [2.75, 3.05) is 57.4 Å². The van der Waals surface area contributed by atoms with Crippen molar-refractivity contribution in [3.63, 3.8) is 0 Å². The molecule has 1 N–H and O–H groups in total. The van der Waals surface area contributed by atoms with Crippen LogP contribution in [0.2, 0.25) is 0 Å². The van der Waals surface area contributed by atoms with E-state index >= 15 is 0 Å². The number of morpholine rings is 1. The van der Waals surface area contributed by atoms with Crippen molar-refractivity contribution in [3.8, 4) is 5.88 Å². The first-order chi connectivity index (χ1) is 12.6. The number of aromatic nitrogens is 2. The lowest BCUT2D eigenvalue weighted by Gasteiger charge is -2.35. The van der Waals surface area contributed by atoms with Gasteiger partial charge in [0.25, 0.3) is 11.8 Å². The Bertz CT molecular complexity index is 570. The Kier molecular flexibility index (Phi) is 7.04. The van der Waals surface area contributed by atoms with Crippen LogP contribution in [0.5, 0.6) is 5.88 Å². The molecule has 1 unspecified atom stereocenters. The van der Waals surface area contributed by atoms with E-state index in [-0.39, 0.29) is 12.5 Å². The number of carbonyl (C=O) groups is 1. The van der Waals surface area contributed by atoms with E-state index in [0.717, 1.165) is 43.8 Å². The van der Waals surface area contributed by atoms with Crippen LogP contribution in [0.15, 0.2) is 0 Å². The van der Waals surface area contributed by atoms with Gasteiger partial charge in [0.2, 0.25) is 5.82 Å². The number of anilines is 1. The van der Waals surface area contributed by atoms with Gasteiger partial charge in [0.1, 0.15) is 0 Å². The lowest BCUT2D eigenvalue weighted by Crippen LogP contribution is -2.46. The molecule has 0 bridgehead atoms. The molecule has 0 saturated carbocycles. The van der Waals surface area contributed by atoms with Gasteiger partial charge in [0.15, 0.2) is 6.61 Å². The Labute approximate surface area is 159 Å². The molecule has 2 saturated heterocycles. The van der Waals surface area contributed by atoms with Gasteiger partial charge in [-0.3, -0.25) is 9.69 Å². The Balaban J connectivity index is 1.40. The predicted octanol–water partition coefficient (Wildman–Crippen LogP) is 0.990. The third kappa shape index (κ3) is 5.28. The summed E-state index contributed by atoms with van der Waals surface area (Å²) in [5.41, 5.74) is 0. The van der Waals surface area contributed by atoms with Crippen LogP contribution in [-0.4, -0.2) is 78.1 Å². The SMILES string of the molecule is CC1CCN(C(C)CNC(=O)COc2nsnc2N2CCOCC2)CC1. The molecule has 3 heterocycles. The molecule has 2 aliphatic rings. The van der Waals surface area contributed by atoms with Gasteiger partial charge >= 0.3 is 0 Å². The van der Waals surface area contributed by atoms with E-state index in [0.29, 0.717) is 37.5 Å². The maximum atomic E-state index is 12.1. The van der Waals surface area contributed by atoms with Gasteiger partial charge in [-0.05, 0) is 38.8 Å². The zero-order chi connectivity index (χ0) is 18.4. The van der Waals surface area contributed by atoms with E-state index in [1.54, 1.807) is 0 Å². The van der Waals surface area contributed by atoms with Crippen LogP contribution in [0.1, 0.15) is 26.7 Å². The van der Waals surface area contributed by atoms with Crippen molar-refractivity contribution >= 4 is 23.5 Å². The van der Waals surface area contributed by atoms with E-state index in [1.807, 2.05) is 0 Å². The standard InChI is InChI=1S/C17H29N5O3S/c1-13-3-5-21(6-4-13)14(2)11-18-15(23)12-25-17-16(19-26-20-17)22-7-9-24-10-8-22/h13-14H,3-12H2,1-2H3,(H,18,23). The minimum Gasteiger partial charge on any atom is -0.464 e. The highest BCUT2D eigenvalue weighted by Crippen LogP contribution is 2.26. The molecule has 146 valence electrons.